The summed E-state index contributed by atoms with van der Waals surface area (Å²) in [7, 11) is -2.26. The van der Waals surface area contributed by atoms with E-state index in [1.807, 2.05) is 0 Å². The molecule has 1 N–H and O–H groups in total. The first-order valence-corrected chi connectivity index (χ1v) is 9.30. The Morgan fingerprint density at radius 2 is 2.00 bits per heavy atom. The van der Waals surface area contributed by atoms with Crippen molar-refractivity contribution in [3.8, 4) is 5.75 Å². The zero-order chi connectivity index (χ0) is 18.6. The van der Waals surface area contributed by atoms with Gasteiger partial charge in [0.2, 0.25) is 15.9 Å². The van der Waals surface area contributed by atoms with Crippen molar-refractivity contribution < 1.29 is 22.3 Å². The van der Waals surface area contributed by atoms with Crippen LogP contribution in [0.15, 0.2) is 42.5 Å². The highest BCUT2D eigenvalue weighted by Gasteiger charge is 2.21. The van der Waals surface area contributed by atoms with Crippen molar-refractivity contribution in [1.29, 1.82) is 0 Å². The number of halogens is 2. The van der Waals surface area contributed by atoms with Crippen molar-refractivity contribution in [2.45, 2.75) is 0 Å². The molecule has 2 aromatic carbocycles. The molecule has 134 valence electrons. The SMILES string of the molecule is COc1cccc(N(CC(=O)Nc2ccc(F)c(Cl)c2)S(C)(=O)=O)c1. The van der Waals surface area contributed by atoms with Gasteiger partial charge in [-0.25, -0.2) is 12.8 Å². The highest BCUT2D eigenvalue weighted by molar-refractivity contribution is 7.92. The summed E-state index contributed by atoms with van der Waals surface area (Å²) in [5.41, 5.74) is 0.546. The van der Waals surface area contributed by atoms with Crippen molar-refractivity contribution in [3.63, 3.8) is 0 Å². The molecule has 0 fully saturated rings. The van der Waals surface area contributed by atoms with Crippen LogP contribution >= 0.6 is 11.6 Å². The topological polar surface area (TPSA) is 75.7 Å². The molecule has 0 aliphatic rings. The van der Waals surface area contributed by atoms with E-state index in [2.05, 4.69) is 5.32 Å². The lowest BCUT2D eigenvalue weighted by atomic mass is 10.3. The van der Waals surface area contributed by atoms with E-state index in [-0.39, 0.29) is 16.4 Å². The molecule has 0 aliphatic heterocycles. The lowest BCUT2D eigenvalue weighted by molar-refractivity contribution is -0.114. The molecule has 0 saturated heterocycles. The molecule has 2 aromatic rings. The van der Waals surface area contributed by atoms with Gasteiger partial charge >= 0.3 is 0 Å². The van der Waals surface area contributed by atoms with Gasteiger partial charge in [0.05, 0.1) is 24.1 Å². The van der Waals surface area contributed by atoms with E-state index in [1.165, 1.54) is 25.3 Å². The number of carbonyl (C=O) groups is 1. The van der Waals surface area contributed by atoms with E-state index in [0.717, 1.165) is 16.6 Å². The lowest BCUT2D eigenvalue weighted by Crippen LogP contribution is -2.37. The summed E-state index contributed by atoms with van der Waals surface area (Å²) >= 11 is 5.66. The fourth-order valence-electron chi connectivity index (χ4n) is 2.07. The van der Waals surface area contributed by atoms with Gasteiger partial charge in [0.25, 0.3) is 0 Å². The number of amides is 1. The number of nitrogens with zero attached hydrogens (tertiary/aromatic N) is 1. The predicted molar refractivity (Wildman–Crippen MR) is 95.2 cm³/mol. The van der Waals surface area contributed by atoms with Gasteiger partial charge in [0.15, 0.2) is 0 Å². The summed E-state index contributed by atoms with van der Waals surface area (Å²) in [6.45, 7) is -0.457. The number of hydrogen-bond acceptors (Lipinski definition) is 4. The second-order valence-corrected chi connectivity index (χ2v) is 7.46. The van der Waals surface area contributed by atoms with Gasteiger partial charge in [0, 0.05) is 11.8 Å². The number of nitrogens with one attached hydrogen (secondary N) is 1. The van der Waals surface area contributed by atoms with Crippen molar-refractivity contribution in [1.82, 2.24) is 0 Å². The molecule has 1 amide bonds. The second-order valence-electron chi connectivity index (χ2n) is 5.15. The molecule has 9 heteroatoms. The standard InChI is InChI=1S/C16H16ClFN2O4S/c1-24-13-5-3-4-12(9-13)20(25(2,22)23)10-16(21)19-11-6-7-15(18)14(17)8-11/h3-9H,10H2,1-2H3,(H,19,21). The number of benzene rings is 2. The van der Waals surface area contributed by atoms with E-state index in [1.54, 1.807) is 18.2 Å². The van der Waals surface area contributed by atoms with Crippen LogP contribution in [-0.4, -0.2) is 34.2 Å². The molecule has 0 saturated carbocycles. The van der Waals surface area contributed by atoms with Gasteiger partial charge in [-0.3, -0.25) is 9.10 Å². The number of carbonyl (C=O) groups excluding carboxylic acids is 1. The third kappa shape index (κ3) is 5.07. The van der Waals surface area contributed by atoms with Gasteiger partial charge in [-0.2, -0.15) is 0 Å². The number of hydrogen-bond donors (Lipinski definition) is 1. The van der Waals surface area contributed by atoms with Crippen LogP contribution in [0.5, 0.6) is 5.75 Å². The Morgan fingerprint density at radius 1 is 1.28 bits per heavy atom. The second kappa shape index (κ2) is 7.71. The summed E-state index contributed by atoms with van der Waals surface area (Å²) in [5, 5.41) is 2.34. The first-order valence-electron chi connectivity index (χ1n) is 7.07. The Morgan fingerprint density at radius 3 is 2.60 bits per heavy atom. The molecule has 0 aromatic heterocycles. The molecule has 2 rings (SSSR count). The molecule has 25 heavy (non-hydrogen) atoms. The van der Waals surface area contributed by atoms with Crippen LogP contribution in [-0.2, 0) is 14.8 Å². The molecule has 0 unspecified atom stereocenters. The van der Waals surface area contributed by atoms with Gasteiger partial charge in [-0.05, 0) is 30.3 Å². The van der Waals surface area contributed by atoms with Crippen LogP contribution in [0.25, 0.3) is 0 Å². The molecule has 6 nitrogen and oxygen atoms in total. The minimum absolute atomic E-state index is 0.148. The third-order valence-corrected chi connectivity index (χ3v) is 4.66. The Hall–Kier alpha value is -2.32. The minimum atomic E-state index is -3.71. The number of anilines is 2. The van der Waals surface area contributed by atoms with Crippen LogP contribution in [0.4, 0.5) is 15.8 Å². The smallest absolute Gasteiger partial charge is 0.245 e. The molecule has 0 bridgehead atoms. The average Bonchev–Trinajstić information content (AvgIpc) is 2.55. The molecule has 0 aliphatic carbocycles. The Bertz CT molecular complexity index is 889. The van der Waals surface area contributed by atoms with E-state index in [4.69, 9.17) is 16.3 Å². The molecule has 0 atom stereocenters. The Kier molecular flexibility index (Phi) is 5.86. The predicted octanol–water partition coefficient (Wildman–Crippen LogP) is 2.89. The minimum Gasteiger partial charge on any atom is -0.497 e. The quantitative estimate of drug-likeness (QED) is 0.828. The van der Waals surface area contributed by atoms with E-state index < -0.39 is 28.3 Å². The van der Waals surface area contributed by atoms with Gasteiger partial charge in [-0.15, -0.1) is 0 Å². The zero-order valence-corrected chi connectivity index (χ0v) is 15.1. The Labute approximate surface area is 150 Å². The fraction of sp³-hybridized carbons (Fsp3) is 0.188. The summed E-state index contributed by atoms with van der Waals surface area (Å²) in [6, 6.07) is 10.00. The van der Waals surface area contributed by atoms with E-state index in [0.29, 0.717) is 5.75 Å². The van der Waals surface area contributed by atoms with Crippen molar-refractivity contribution >= 4 is 38.9 Å². The first-order chi connectivity index (χ1) is 11.7. The van der Waals surface area contributed by atoms with E-state index in [9.17, 15) is 17.6 Å². The zero-order valence-electron chi connectivity index (χ0n) is 13.5. The van der Waals surface area contributed by atoms with Crippen molar-refractivity contribution in [2.24, 2.45) is 0 Å². The average molecular weight is 387 g/mol. The highest BCUT2D eigenvalue weighted by atomic mass is 35.5. The van der Waals surface area contributed by atoms with Crippen molar-refractivity contribution in [3.05, 3.63) is 53.3 Å². The molecular weight excluding hydrogens is 371 g/mol. The van der Waals surface area contributed by atoms with E-state index >= 15 is 0 Å². The summed E-state index contributed by atoms with van der Waals surface area (Å²) in [5.74, 6) is -0.762. The molecule has 0 spiro atoms. The number of rotatable bonds is 6. The number of ether oxygens (including phenoxy) is 1. The third-order valence-electron chi connectivity index (χ3n) is 3.23. The van der Waals surface area contributed by atoms with Crippen LogP contribution < -0.4 is 14.4 Å². The largest absolute Gasteiger partial charge is 0.497 e. The maximum Gasteiger partial charge on any atom is 0.245 e. The summed E-state index contributed by atoms with van der Waals surface area (Å²) < 4.78 is 43.3. The molecule has 0 radical (unpaired) electrons. The van der Waals surface area contributed by atoms with Crippen LogP contribution in [0, 0.1) is 5.82 Å². The summed E-state index contributed by atoms with van der Waals surface area (Å²) in [6.07, 6.45) is 0.995. The highest BCUT2D eigenvalue weighted by Crippen LogP contribution is 2.23. The van der Waals surface area contributed by atoms with Crippen LogP contribution in [0.1, 0.15) is 0 Å². The lowest BCUT2D eigenvalue weighted by Gasteiger charge is -2.22. The monoisotopic (exact) mass is 386 g/mol. The molecular formula is C16H16ClFN2O4S. The maximum absolute atomic E-state index is 13.2. The normalized spacial score (nSPS) is 11.0. The molecule has 0 heterocycles. The van der Waals surface area contributed by atoms with Crippen molar-refractivity contribution in [2.75, 3.05) is 29.5 Å². The number of methoxy groups -OCH3 is 1. The fourth-order valence-corrected chi connectivity index (χ4v) is 3.10. The Balaban J connectivity index is 2.22. The van der Waals surface area contributed by atoms with Gasteiger partial charge < -0.3 is 10.1 Å². The van der Waals surface area contributed by atoms with Crippen LogP contribution in [0.3, 0.4) is 0 Å². The summed E-state index contributed by atoms with van der Waals surface area (Å²) in [4.78, 5) is 12.2. The maximum atomic E-state index is 13.2. The van der Waals surface area contributed by atoms with Gasteiger partial charge in [0.1, 0.15) is 18.1 Å². The van der Waals surface area contributed by atoms with Crippen LogP contribution in [0.2, 0.25) is 5.02 Å². The number of sulfonamides is 1. The first kappa shape index (κ1) is 19.0. The van der Waals surface area contributed by atoms with Gasteiger partial charge in [-0.1, -0.05) is 17.7 Å².